The zero-order chi connectivity index (χ0) is 22.5. The Morgan fingerprint density at radius 2 is 1.81 bits per heavy atom. The summed E-state index contributed by atoms with van der Waals surface area (Å²) in [5, 5.41) is 10.9. The first-order valence-corrected chi connectivity index (χ1v) is 10.7. The highest BCUT2D eigenvalue weighted by molar-refractivity contribution is 5.73. The van der Waals surface area contributed by atoms with Crippen LogP contribution in [0.3, 0.4) is 0 Å². The van der Waals surface area contributed by atoms with E-state index in [0.29, 0.717) is 25.6 Å². The van der Waals surface area contributed by atoms with Crippen LogP contribution < -0.4 is 0 Å². The maximum absolute atomic E-state index is 13.5. The number of hydrogen-bond donors (Lipinski definition) is 0. The quantitative estimate of drug-likeness (QED) is 0.461. The minimum Gasteiger partial charge on any atom is -0.342 e. The van der Waals surface area contributed by atoms with Gasteiger partial charge in [-0.25, -0.2) is 4.39 Å². The molecule has 0 spiro atoms. The van der Waals surface area contributed by atoms with E-state index in [4.69, 9.17) is 0 Å². The molecule has 2 aromatic carbocycles. The minimum atomic E-state index is -0.398. The zero-order valence-electron chi connectivity index (χ0n) is 18.3. The first-order chi connectivity index (χ1) is 14.7. The summed E-state index contributed by atoms with van der Waals surface area (Å²) in [5.41, 5.74) is 2.17. The predicted molar refractivity (Wildman–Crippen MR) is 118 cm³/mol. The Labute approximate surface area is 182 Å². The lowest BCUT2D eigenvalue weighted by Gasteiger charge is -2.29. The number of benzene rings is 2. The van der Waals surface area contributed by atoms with Crippen molar-refractivity contribution in [2.45, 2.75) is 33.2 Å². The summed E-state index contributed by atoms with van der Waals surface area (Å²) in [6.45, 7) is 9.46. The van der Waals surface area contributed by atoms with Crippen molar-refractivity contribution in [1.82, 2.24) is 9.80 Å². The molecule has 6 nitrogen and oxygen atoms in total. The molecule has 3 rings (SSSR count). The molecule has 1 amide bonds. The Hall–Kier alpha value is -2.80. The van der Waals surface area contributed by atoms with E-state index in [-0.39, 0.29) is 29.2 Å². The first kappa shape index (κ1) is 22.9. The van der Waals surface area contributed by atoms with E-state index < -0.39 is 4.92 Å². The second-order valence-electron chi connectivity index (χ2n) is 8.85. The van der Waals surface area contributed by atoms with E-state index in [1.807, 2.05) is 17.0 Å². The molecule has 0 saturated carbocycles. The number of carbonyl (C=O) groups excluding carboxylic acids is 1. The third-order valence-corrected chi connectivity index (χ3v) is 5.85. The minimum absolute atomic E-state index is 0.0698. The van der Waals surface area contributed by atoms with Crippen molar-refractivity contribution in [1.29, 1.82) is 0 Å². The molecule has 0 radical (unpaired) electrons. The maximum atomic E-state index is 13.5. The Morgan fingerprint density at radius 1 is 1.16 bits per heavy atom. The van der Waals surface area contributed by atoms with Gasteiger partial charge in [-0.05, 0) is 35.1 Å². The van der Waals surface area contributed by atoms with Gasteiger partial charge < -0.3 is 4.90 Å². The molecule has 0 N–H and O–H groups in total. The third kappa shape index (κ3) is 6.10. The Bertz CT molecular complexity index is 899. The highest BCUT2D eigenvalue weighted by atomic mass is 19.1. The largest absolute Gasteiger partial charge is 0.342 e. The van der Waals surface area contributed by atoms with Crippen molar-refractivity contribution in [2.75, 3.05) is 26.2 Å². The van der Waals surface area contributed by atoms with Crippen LogP contribution in [0.5, 0.6) is 0 Å². The van der Waals surface area contributed by atoms with E-state index in [9.17, 15) is 19.3 Å². The van der Waals surface area contributed by atoms with Gasteiger partial charge in [-0.15, -0.1) is 0 Å². The molecule has 1 aliphatic rings. The molecule has 0 aliphatic carbocycles. The van der Waals surface area contributed by atoms with Crippen molar-refractivity contribution in [3.8, 4) is 0 Å². The SMILES string of the molecule is CC(=O)N(CC(C)C)CC1CN(Cc2ccc([N+](=O)[O-])cc2)CC1c1ccc(F)cc1. The third-order valence-electron chi connectivity index (χ3n) is 5.85. The number of halogens is 1. The number of carbonyl (C=O) groups is 1. The van der Waals surface area contributed by atoms with Crippen molar-refractivity contribution in [3.63, 3.8) is 0 Å². The Kier molecular flexibility index (Phi) is 7.38. The molecule has 1 saturated heterocycles. The fourth-order valence-electron chi connectivity index (χ4n) is 4.40. The van der Waals surface area contributed by atoms with Crippen LogP contribution in [0.4, 0.5) is 10.1 Å². The average molecular weight is 428 g/mol. The molecule has 2 unspecified atom stereocenters. The lowest BCUT2D eigenvalue weighted by molar-refractivity contribution is -0.384. The van der Waals surface area contributed by atoms with Crippen molar-refractivity contribution in [2.24, 2.45) is 11.8 Å². The average Bonchev–Trinajstić information content (AvgIpc) is 3.10. The van der Waals surface area contributed by atoms with Gasteiger partial charge in [0.05, 0.1) is 4.92 Å². The predicted octanol–water partition coefficient (Wildman–Crippen LogP) is 4.45. The lowest BCUT2D eigenvalue weighted by atomic mass is 9.88. The smallest absolute Gasteiger partial charge is 0.269 e. The molecule has 0 aromatic heterocycles. The molecular weight excluding hydrogens is 397 g/mol. The van der Waals surface area contributed by atoms with Crippen molar-refractivity contribution < 1.29 is 14.1 Å². The molecule has 7 heteroatoms. The summed E-state index contributed by atoms with van der Waals surface area (Å²) >= 11 is 0. The summed E-state index contributed by atoms with van der Waals surface area (Å²) in [4.78, 5) is 26.9. The van der Waals surface area contributed by atoms with Gasteiger partial charge in [-0.3, -0.25) is 19.8 Å². The van der Waals surface area contributed by atoms with E-state index >= 15 is 0 Å². The van der Waals surface area contributed by atoms with Crippen LogP contribution in [0.1, 0.15) is 37.8 Å². The topological polar surface area (TPSA) is 66.7 Å². The number of rotatable bonds is 8. The zero-order valence-corrected chi connectivity index (χ0v) is 18.3. The number of nitro benzene ring substituents is 1. The molecular formula is C24H30FN3O3. The van der Waals surface area contributed by atoms with Gasteiger partial charge in [0.15, 0.2) is 0 Å². The highest BCUT2D eigenvalue weighted by Crippen LogP contribution is 2.34. The standard InChI is InChI=1S/C24H30FN3O3/c1-17(2)12-27(18(3)29)15-21-14-26(13-19-4-10-23(11-5-19)28(30)31)16-24(21)20-6-8-22(25)9-7-20/h4-11,17,21,24H,12-16H2,1-3H3. The Morgan fingerprint density at radius 3 is 2.35 bits per heavy atom. The number of amides is 1. The summed E-state index contributed by atoms with van der Waals surface area (Å²) in [7, 11) is 0. The van der Waals surface area contributed by atoms with Crippen LogP contribution >= 0.6 is 0 Å². The van der Waals surface area contributed by atoms with E-state index in [1.165, 1.54) is 24.3 Å². The van der Waals surface area contributed by atoms with Crippen molar-refractivity contribution in [3.05, 3.63) is 75.6 Å². The van der Waals surface area contributed by atoms with Crippen LogP contribution in [0.2, 0.25) is 0 Å². The van der Waals surface area contributed by atoms with Gasteiger partial charge in [-0.2, -0.15) is 0 Å². The molecule has 166 valence electrons. The fraction of sp³-hybridized carbons (Fsp3) is 0.458. The molecule has 1 heterocycles. The number of non-ortho nitro benzene ring substituents is 1. The molecule has 0 bridgehead atoms. The number of likely N-dealkylation sites (tertiary alicyclic amines) is 1. The second kappa shape index (κ2) is 10.0. The van der Waals surface area contributed by atoms with Gasteiger partial charge in [0.25, 0.3) is 5.69 Å². The Balaban J connectivity index is 1.78. The number of hydrogen-bond acceptors (Lipinski definition) is 4. The summed E-state index contributed by atoms with van der Waals surface area (Å²) in [6.07, 6.45) is 0. The van der Waals surface area contributed by atoms with Crippen LogP contribution in [0.25, 0.3) is 0 Å². The summed E-state index contributed by atoms with van der Waals surface area (Å²) in [5.74, 6) is 0.608. The highest BCUT2D eigenvalue weighted by Gasteiger charge is 2.35. The van der Waals surface area contributed by atoms with Crippen molar-refractivity contribution >= 4 is 11.6 Å². The molecule has 2 aromatic rings. The van der Waals surface area contributed by atoms with Gasteiger partial charge in [0.1, 0.15) is 5.82 Å². The van der Waals surface area contributed by atoms with Crippen LogP contribution in [-0.4, -0.2) is 46.8 Å². The van der Waals surface area contributed by atoms with Crippen LogP contribution in [0, 0.1) is 27.8 Å². The fourth-order valence-corrected chi connectivity index (χ4v) is 4.40. The van der Waals surface area contributed by atoms with E-state index in [2.05, 4.69) is 18.7 Å². The number of nitro groups is 1. The first-order valence-electron chi connectivity index (χ1n) is 10.7. The van der Waals surface area contributed by atoms with Gasteiger partial charge in [0.2, 0.25) is 5.91 Å². The summed E-state index contributed by atoms with van der Waals surface area (Å²) in [6, 6.07) is 13.3. The van der Waals surface area contributed by atoms with E-state index in [1.54, 1.807) is 19.1 Å². The monoisotopic (exact) mass is 427 g/mol. The summed E-state index contributed by atoms with van der Waals surface area (Å²) < 4.78 is 13.5. The van der Waals surface area contributed by atoms with Crippen LogP contribution in [-0.2, 0) is 11.3 Å². The molecule has 31 heavy (non-hydrogen) atoms. The van der Waals surface area contributed by atoms with Gasteiger partial charge in [-0.1, -0.05) is 38.1 Å². The lowest BCUT2D eigenvalue weighted by Crippen LogP contribution is -2.38. The van der Waals surface area contributed by atoms with Gasteiger partial charge in [0, 0.05) is 57.7 Å². The maximum Gasteiger partial charge on any atom is 0.269 e. The van der Waals surface area contributed by atoms with E-state index in [0.717, 1.165) is 24.2 Å². The molecule has 1 aliphatic heterocycles. The van der Waals surface area contributed by atoms with Crippen LogP contribution in [0.15, 0.2) is 48.5 Å². The second-order valence-corrected chi connectivity index (χ2v) is 8.85. The van der Waals surface area contributed by atoms with Gasteiger partial charge >= 0.3 is 0 Å². The normalized spacial score (nSPS) is 19.0. The molecule has 2 atom stereocenters. The number of nitrogens with zero attached hydrogens (tertiary/aromatic N) is 3. The molecule has 1 fully saturated rings.